The summed E-state index contributed by atoms with van der Waals surface area (Å²) in [6.07, 6.45) is 13.3. The number of nitrogens with one attached hydrogen (secondary N) is 2. The van der Waals surface area contributed by atoms with Crippen LogP contribution in [0.3, 0.4) is 0 Å². The molecule has 6 rings (SSSR count). The molecule has 1 aliphatic carbocycles. The molecule has 31 heavy (non-hydrogen) atoms. The lowest BCUT2D eigenvalue weighted by atomic mass is 9.90. The Bertz CT molecular complexity index is 1250. The van der Waals surface area contributed by atoms with E-state index in [0.717, 1.165) is 73.0 Å². The molecule has 0 bridgehead atoms. The molecule has 4 aromatic heterocycles. The predicted octanol–water partition coefficient (Wildman–Crippen LogP) is 3.01. The summed E-state index contributed by atoms with van der Waals surface area (Å²) in [4.78, 5) is 31.3. The number of rotatable bonds is 4. The highest BCUT2D eigenvalue weighted by Gasteiger charge is 2.31. The molecule has 5 heterocycles. The first-order chi connectivity index (χ1) is 15.2. The molecule has 1 aliphatic heterocycles. The summed E-state index contributed by atoms with van der Waals surface area (Å²) < 4.78 is 1.74. The van der Waals surface area contributed by atoms with Crippen LogP contribution in [0.1, 0.15) is 38.5 Å². The maximum Gasteiger partial charge on any atom is 0.224 e. The van der Waals surface area contributed by atoms with Crippen LogP contribution in [0.15, 0.2) is 36.9 Å². The van der Waals surface area contributed by atoms with Crippen LogP contribution in [0.25, 0.3) is 27.9 Å². The van der Waals surface area contributed by atoms with Gasteiger partial charge < -0.3 is 15.2 Å². The average Bonchev–Trinajstić information content (AvgIpc) is 3.53. The number of amides is 1. The van der Waals surface area contributed by atoms with E-state index >= 15 is 0 Å². The topological polar surface area (TPSA) is 104 Å². The number of hydrogen-bond donors (Lipinski definition) is 2. The van der Waals surface area contributed by atoms with Crippen LogP contribution in [0, 0.1) is 0 Å². The van der Waals surface area contributed by atoms with Gasteiger partial charge in [0.15, 0.2) is 5.65 Å². The van der Waals surface area contributed by atoms with E-state index in [9.17, 15) is 4.79 Å². The Kier molecular flexibility index (Phi) is 4.33. The molecule has 0 spiro atoms. The average molecular weight is 416 g/mol. The lowest BCUT2D eigenvalue weighted by molar-refractivity contribution is -0.130. The van der Waals surface area contributed by atoms with Crippen LogP contribution in [0.2, 0.25) is 0 Å². The summed E-state index contributed by atoms with van der Waals surface area (Å²) >= 11 is 0. The Balaban J connectivity index is 1.16. The van der Waals surface area contributed by atoms with E-state index in [2.05, 4.69) is 35.3 Å². The number of carbonyl (C=O) groups is 1. The number of aromatic nitrogens is 6. The van der Waals surface area contributed by atoms with E-state index in [4.69, 9.17) is 0 Å². The molecule has 0 atom stereocenters. The number of H-pyrrole nitrogens is 1. The number of fused-ring (bicyclic) bond motifs is 2. The summed E-state index contributed by atoms with van der Waals surface area (Å²) in [5, 5.41) is 8.63. The highest BCUT2D eigenvalue weighted by Crippen LogP contribution is 2.29. The molecule has 158 valence electrons. The number of hydrogen-bond acceptors (Lipinski definition) is 6. The molecule has 9 heteroatoms. The van der Waals surface area contributed by atoms with Crippen molar-refractivity contribution in [2.45, 2.75) is 50.6 Å². The van der Waals surface area contributed by atoms with Crippen molar-refractivity contribution in [2.24, 2.45) is 0 Å². The fourth-order valence-corrected chi connectivity index (χ4v) is 4.92. The summed E-state index contributed by atoms with van der Waals surface area (Å²) in [6, 6.07) is 4.57. The Morgan fingerprint density at radius 2 is 2.03 bits per heavy atom. The van der Waals surface area contributed by atoms with Crippen LogP contribution in [0.4, 0.5) is 5.95 Å². The van der Waals surface area contributed by atoms with Gasteiger partial charge in [-0.25, -0.2) is 14.5 Å². The Labute approximate surface area is 178 Å². The molecule has 2 N–H and O–H groups in total. The van der Waals surface area contributed by atoms with Crippen molar-refractivity contribution in [1.29, 1.82) is 0 Å². The van der Waals surface area contributed by atoms with Crippen LogP contribution in [-0.2, 0) is 4.79 Å². The van der Waals surface area contributed by atoms with Gasteiger partial charge in [0.1, 0.15) is 5.65 Å². The van der Waals surface area contributed by atoms with Gasteiger partial charge in [0.05, 0.1) is 11.9 Å². The molecule has 1 saturated heterocycles. The van der Waals surface area contributed by atoms with Crippen LogP contribution in [-0.4, -0.2) is 59.0 Å². The van der Waals surface area contributed by atoms with Gasteiger partial charge in [-0.3, -0.25) is 4.79 Å². The van der Waals surface area contributed by atoms with E-state index in [0.29, 0.717) is 23.9 Å². The Morgan fingerprint density at radius 3 is 2.87 bits per heavy atom. The second kappa shape index (κ2) is 7.33. The monoisotopic (exact) mass is 416 g/mol. The quantitative estimate of drug-likeness (QED) is 0.530. The third-order valence-electron chi connectivity index (χ3n) is 6.55. The van der Waals surface area contributed by atoms with Crippen molar-refractivity contribution >= 4 is 28.5 Å². The molecule has 4 aromatic rings. The lowest BCUT2D eigenvalue weighted by Gasteiger charge is -2.34. The van der Waals surface area contributed by atoms with E-state index in [1.807, 2.05) is 30.7 Å². The molecule has 1 saturated carbocycles. The zero-order valence-electron chi connectivity index (χ0n) is 17.2. The molecule has 2 aliphatic rings. The molecule has 1 amide bonds. The number of likely N-dealkylation sites (tertiary alicyclic amines) is 1. The van der Waals surface area contributed by atoms with Crippen LogP contribution < -0.4 is 5.32 Å². The first-order valence-electron chi connectivity index (χ1n) is 11.0. The van der Waals surface area contributed by atoms with Gasteiger partial charge in [-0.1, -0.05) is 0 Å². The SMILES string of the molecule is O=C1CCCN1C1CCC(Nc2ncc3c(-c4ccn5nccc5n4)c[nH]c3n2)CC1. The molecule has 0 aromatic carbocycles. The van der Waals surface area contributed by atoms with Gasteiger partial charge in [-0.15, -0.1) is 0 Å². The Hall–Kier alpha value is -3.49. The molecule has 9 nitrogen and oxygen atoms in total. The van der Waals surface area contributed by atoms with E-state index in [1.54, 1.807) is 10.7 Å². The molecular weight excluding hydrogens is 392 g/mol. The van der Waals surface area contributed by atoms with Crippen molar-refractivity contribution in [3.63, 3.8) is 0 Å². The summed E-state index contributed by atoms with van der Waals surface area (Å²) in [5.74, 6) is 0.968. The van der Waals surface area contributed by atoms with Gasteiger partial charge in [0, 0.05) is 60.7 Å². The fourth-order valence-electron chi connectivity index (χ4n) is 4.92. The van der Waals surface area contributed by atoms with Crippen molar-refractivity contribution in [1.82, 2.24) is 34.4 Å². The zero-order chi connectivity index (χ0) is 20.8. The second-order valence-electron chi connectivity index (χ2n) is 8.45. The first-order valence-corrected chi connectivity index (χ1v) is 11.0. The number of nitrogens with zero attached hydrogens (tertiary/aromatic N) is 6. The fraction of sp³-hybridized carbons (Fsp3) is 0.409. The van der Waals surface area contributed by atoms with Gasteiger partial charge in [0.25, 0.3) is 0 Å². The first kappa shape index (κ1) is 18.3. The van der Waals surface area contributed by atoms with Gasteiger partial charge >= 0.3 is 0 Å². The summed E-state index contributed by atoms with van der Waals surface area (Å²) in [5.41, 5.74) is 3.43. The molecule has 2 fully saturated rings. The highest BCUT2D eigenvalue weighted by atomic mass is 16.2. The zero-order valence-corrected chi connectivity index (χ0v) is 17.2. The van der Waals surface area contributed by atoms with Gasteiger partial charge in [0.2, 0.25) is 11.9 Å². The maximum atomic E-state index is 12.0. The van der Waals surface area contributed by atoms with Crippen molar-refractivity contribution in [3.8, 4) is 11.3 Å². The molecule has 0 radical (unpaired) electrons. The van der Waals surface area contributed by atoms with E-state index in [1.165, 1.54) is 0 Å². The molecule has 0 unspecified atom stereocenters. The molecular formula is C22H24N8O. The maximum absolute atomic E-state index is 12.0. The minimum absolute atomic E-state index is 0.328. The van der Waals surface area contributed by atoms with Crippen molar-refractivity contribution in [3.05, 3.63) is 36.9 Å². The predicted molar refractivity (Wildman–Crippen MR) is 116 cm³/mol. The minimum atomic E-state index is 0.328. The Morgan fingerprint density at radius 1 is 1.13 bits per heavy atom. The number of anilines is 1. The summed E-state index contributed by atoms with van der Waals surface area (Å²) in [6.45, 7) is 0.930. The van der Waals surface area contributed by atoms with Crippen LogP contribution in [0.5, 0.6) is 0 Å². The van der Waals surface area contributed by atoms with Gasteiger partial charge in [-0.05, 0) is 38.2 Å². The van der Waals surface area contributed by atoms with E-state index < -0.39 is 0 Å². The third-order valence-corrected chi connectivity index (χ3v) is 6.55. The second-order valence-corrected chi connectivity index (χ2v) is 8.45. The third kappa shape index (κ3) is 3.30. The smallest absolute Gasteiger partial charge is 0.224 e. The standard InChI is InChI=1S/C22H24N8O/c31-20-2-1-10-29(20)15-5-3-14(4-6-15)26-22-24-13-17-16(12-23-21(17)28-22)18-8-11-30-19(27-18)7-9-25-30/h7-9,11-15H,1-6,10H2,(H2,23,24,26,28). The number of aromatic amines is 1. The minimum Gasteiger partial charge on any atom is -0.351 e. The largest absolute Gasteiger partial charge is 0.351 e. The number of carbonyl (C=O) groups excluding carboxylic acids is 1. The summed E-state index contributed by atoms with van der Waals surface area (Å²) in [7, 11) is 0. The lowest BCUT2D eigenvalue weighted by Crippen LogP contribution is -2.41. The van der Waals surface area contributed by atoms with Crippen molar-refractivity contribution in [2.75, 3.05) is 11.9 Å². The van der Waals surface area contributed by atoms with Gasteiger partial charge in [-0.2, -0.15) is 10.1 Å². The van der Waals surface area contributed by atoms with Crippen LogP contribution >= 0.6 is 0 Å². The van der Waals surface area contributed by atoms with E-state index in [-0.39, 0.29) is 0 Å². The highest BCUT2D eigenvalue weighted by molar-refractivity contribution is 5.92. The van der Waals surface area contributed by atoms with Crippen molar-refractivity contribution < 1.29 is 4.79 Å². The normalized spacial score (nSPS) is 21.9.